The topological polar surface area (TPSA) is 150 Å². The van der Waals surface area contributed by atoms with Gasteiger partial charge < -0.3 is 30.9 Å². The van der Waals surface area contributed by atoms with E-state index in [0.717, 1.165) is 13.8 Å². The molecule has 0 saturated carbocycles. The van der Waals surface area contributed by atoms with Gasteiger partial charge in [-0.05, 0) is 6.92 Å². The summed E-state index contributed by atoms with van der Waals surface area (Å²) in [4.78, 5) is 23.0. The van der Waals surface area contributed by atoms with Crippen molar-refractivity contribution in [3.05, 3.63) is 0 Å². The predicted octanol–water partition coefficient (Wildman–Crippen LogP) is -3.34. The SMILES string of the molecule is CC(=O)C1(O)O[C@H](CO)[C@@H](O)[C@H](O)[C@]1(N)C(C)=O. The van der Waals surface area contributed by atoms with Crippen LogP contribution in [0.5, 0.6) is 0 Å². The summed E-state index contributed by atoms with van der Waals surface area (Å²) in [5.74, 6) is -4.74. The van der Waals surface area contributed by atoms with Gasteiger partial charge in [-0.3, -0.25) is 9.59 Å². The van der Waals surface area contributed by atoms with E-state index in [1.807, 2.05) is 0 Å². The van der Waals surface area contributed by atoms with E-state index in [2.05, 4.69) is 0 Å². The highest BCUT2D eigenvalue weighted by Gasteiger charge is 2.67. The van der Waals surface area contributed by atoms with Crippen molar-refractivity contribution in [3.8, 4) is 0 Å². The summed E-state index contributed by atoms with van der Waals surface area (Å²) in [6, 6.07) is 0. The predicted molar refractivity (Wildman–Crippen MR) is 57.2 cm³/mol. The van der Waals surface area contributed by atoms with Crippen LogP contribution in [0.4, 0.5) is 0 Å². The minimum atomic E-state index is -2.80. The lowest BCUT2D eigenvalue weighted by molar-refractivity contribution is -0.315. The van der Waals surface area contributed by atoms with Crippen LogP contribution in [-0.4, -0.2) is 68.2 Å². The Morgan fingerprint density at radius 3 is 2.11 bits per heavy atom. The second kappa shape index (κ2) is 4.65. The fourth-order valence-electron chi connectivity index (χ4n) is 2.03. The van der Waals surface area contributed by atoms with E-state index in [9.17, 15) is 24.9 Å². The van der Waals surface area contributed by atoms with Crippen molar-refractivity contribution in [2.75, 3.05) is 6.61 Å². The molecule has 104 valence electrons. The van der Waals surface area contributed by atoms with Crippen LogP contribution in [0.1, 0.15) is 13.8 Å². The van der Waals surface area contributed by atoms with Crippen LogP contribution < -0.4 is 5.73 Å². The normalized spacial score (nSPS) is 44.7. The van der Waals surface area contributed by atoms with Gasteiger partial charge in [-0.15, -0.1) is 0 Å². The third-order valence-electron chi connectivity index (χ3n) is 3.29. The number of ether oxygens (including phenoxy) is 1. The minimum absolute atomic E-state index is 0.762. The molecule has 1 saturated heterocycles. The maximum absolute atomic E-state index is 11.5. The number of rotatable bonds is 3. The Morgan fingerprint density at radius 2 is 1.78 bits per heavy atom. The standard InChI is InChI=1S/C10H17NO7/c1-4(13)9(11)8(16)7(15)6(3-12)18-10(9,17)5(2)14/h6-8,12,15-17H,3,11H2,1-2H3/t6-,7-,8+,9-,10?/m1/s1. The molecule has 0 bridgehead atoms. The van der Waals surface area contributed by atoms with E-state index < -0.39 is 47.8 Å². The first-order valence-corrected chi connectivity index (χ1v) is 5.31. The van der Waals surface area contributed by atoms with Gasteiger partial charge in [0.15, 0.2) is 17.1 Å². The molecular weight excluding hydrogens is 246 g/mol. The second-order valence-electron chi connectivity index (χ2n) is 4.40. The van der Waals surface area contributed by atoms with Gasteiger partial charge in [0.05, 0.1) is 6.61 Å². The van der Waals surface area contributed by atoms with Crippen LogP contribution in [0.25, 0.3) is 0 Å². The molecular formula is C10H17NO7. The maximum Gasteiger partial charge on any atom is 0.255 e. The number of carbonyl (C=O) groups is 2. The van der Waals surface area contributed by atoms with E-state index in [1.54, 1.807) is 0 Å². The average Bonchev–Trinajstić information content (AvgIpc) is 2.30. The minimum Gasteiger partial charge on any atom is -0.394 e. The third kappa shape index (κ3) is 1.78. The van der Waals surface area contributed by atoms with Crippen molar-refractivity contribution < 1.29 is 34.8 Å². The van der Waals surface area contributed by atoms with Gasteiger partial charge in [-0.1, -0.05) is 0 Å². The molecule has 0 amide bonds. The lowest BCUT2D eigenvalue weighted by Crippen LogP contribution is -2.81. The molecule has 8 nitrogen and oxygen atoms in total. The fourth-order valence-corrected chi connectivity index (χ4v) is 2.03. The molecule has 1 heterocycles. The Hall–Kier alpha value is -0.900. The quantitative estimate of drug-likeness (QED) is 0.354. The summed E-state index contributed by atoms with van der Waals surface area (Å²) < 4.78 is 4.84. The second-order valence-corrected chi connectivity index (χ2v) is 4.40. The van der Waals surface area contributed by atoms with Gasteiger partial charge in [0.1, 0.15) is 18.3 Å². The first-order chi connectivity index (χ1) is 8.12. The summed E-state index contributed by atoms with van der Waals surface area (Å²) in [5.41, 5.74) is 3.10. The van der Waals surface area contributed by atoms with Gasteiger partial charge in [0.25, 0.3) is 5.79 Å². The summed E-state index contributed by atoms with van der Waals surface area (Å²) in [6.07, 6.45) is -5.08. The molecule has 0 aromatic heterocycles. The third-order valence-corrected chi connectivity index (χ3v) is 3.29. The summed E-state index contributed by atoms with van der Waals surface area (Å²) in [5, 5.41) is 38.6. The van der Waals surface area contributed by atoms with Crippen LogP contribution >= 0.6 is 0 Å². The van der Waals surface area contributed by atoms with Crippen LogP contribution in [0.15, 0.2) is 0 Å². The van der Waals surface area contributed by atoms with Gasteiger partial charge in [-0.25, -0.2) is 0 Å². The number of hydrogen-bond acceptors (Lipinski definition) is 8. The fraction of sp³-hybridized carbons (Fsp3) is 0.800. The van der Waals surface area contributed by atoms with Crippen molar-refractivity contribution in [1.29, 1.82) is 0 Å². The molecule has 1 aliphatic rings. The highest BCUT2D eigenvalue weighted by molar-refractivity contribution is 5.98. The van der Waals surface area contributed by atoms with Gasteiger partial charge in [-0.2, -0.15) is 0 Å². The van der Waals surface area contributed by atoms with E-state index in [0.29, 0.717) is 0 Å². The highest BCUT2D eigenvalue weighted by atomic mass is 16.7. The van der Waals surface area contributed by atoms with E-state index in [1.165, 1.54) is 0 Å². The Morgan fingerprint density at radius 1 is 1.28 bits per heavy atom. The number of nitrogens with two attached hydrogens (primary N) is 1. The molecule has 0 radical (unpaired) electrons. The number of Topliss-reactive ketones (excluding diaryl/α,β-unsaturated/α-hetero) is 2. The highest BCUT2D eigenvalue weighted by Crippen LogP contribution is 2.36. The first kappa shape index (κ1) is 15.2. The van der Waals surface area contributed by atoms with Crippen molar-refractivity contribution in [2.24, 2.45) is 5.73 Å². The molecule has 1 unspecified atom stereocenters. The van der Waals surface area contributed by atoms with E-state index in [4.69, 9.17) is 15.6 Å². The molecule has 6 N–H and O–H groups in total. The van der Waals surface area contributed by atoms with Crippen LogP contribution in [-0.2, 0) is 14.3 Å². The number of ketones is 2. The van der Waals surface area contributed by atoms with E-state index in [-0.39, 0.29) is 0 Å². The zero-order valence-corrected chi connectivity index (χ0v) is 10.0. The average molecular weight is 263 g/mol. The van der Waals surface area contributed by atoms with E-state index >= 15 is 0 Å². The Kier molecular flexibility index (Phi) is 3.92. The Labute approximate surface area is 103 Å². The Balaban J connectivity index is 3.36. The number of aliphatic hydroxyl groups excluding tert-OH is 3. The molecule has 0 spiro atoms. The summed E-state index contributed by atoms with van der Waals surface area (Å²) >= 11 is 0. The Bertz CT molecular complexity index is 373. The number of carbonyl (C=O) groups excluding carboxylic acids is 2. The summed E-state index contributed by atoms with van der Waals surface area (Å²) in [6.45, 7) is 1.11. The number of aliphatic hydroxyl groups is 4. The van der Waals surface area contributed by atoms with Crippen molar-refractivity contribution in [2.45, 2.75) is 43.5 Å². The number of hydrogen-bond donors (Lipinski definition) is 5. The van der Waals surface area contributed by atoms with Crippen LogP contribution in [0.2, 0.25) is 0 Å². The van der Waals surface area contributed by atoms with Crippen molar-refractivity contribution >= 4 is 11.6 Å². The van der Waals surface area contributed by atoms with Gasteiger partial charge in [0, 0.05) is 6.92 Å². The largest absolute Gasteiger partial charge is 0.394 e. The van der Waals surface area contributed by atoms with Crippen LogP contribution in [0.3, 0.4) is 0 Å². The first-order valence-electron chi connectivity index (χ1n) is 5.31. The van der Waals surface area contributed by atoms with Crippen LogP contribution in [0, 0.1) is 0 Å². The smallest absolute Gasteiger partial charge is 0.255 e. The lowest BCUT2D eigenvalue weighted by atomic mass is 9.73. The molecule has 0 aromatic rings. The monoisotopic (exact) mass is 263 g/mol. The maximum atomic E-state index is 11.5. The summed E-state index contributed by atoms with van der Waals surface area (Å²) in [7, 11) is 0. The molecule has 18 heavy (non-hydrogen) atoms. The molecule has 1 aliphatic heterocycles. The molecule has 8 heteroatoms. The molecule has 0 aliphatic carbocycles. The molecule has 1 fully saturated rings. The van der Waals surface area contributed by atoms with Gasteiger partial charge in [0.2, 0.25) is 0 Å². The zero-order valence-electron chi connectivity index (χ0n) is 10.0. The lowest BCUT2D eigenvalue weighted by Gasteiger charge is -2.51. The molecule has 0 aromatic carbocycles. The molecule has 5 atom stereocenters. The van der Waals surface area contributed by atoms with Crippen molar-refractivity contribution in [3.63, 3.8) is 0 Å². The van der Waals surface area contributed by atoms with Crippen molar-refractivity contribution in [1.82, 2.24) is 0 Å². The molecule has 1 rings (SSSR count). The zero-order chi connectivity index (χ0) is 14.3. The van der Waals surface area contributed by atoms with Gasteiger partial charge >= 0.3 is 0 Å².